The SMILES string of the molecule is CC(=O)N(Cl)c1ccc(CNc2ccc(N)cc2)cc1. The van der Waals surface area contributed by atoms with Crippen LogP contribution in [-0.2, 0) is 11.3 Å². The van der Waals surface area contributed by atoms with E-state index in [1.165, 1.54) is 6.92 Å². The van der Waals surface area contributed by atoms with E-state index in [2.05, 4.69) is 5.32 Å². The Morgan fingerprint density at radius 3 is 2.30 bits per heavy atom. The van der Waals surface area contributed by atoms with Crippen LogP contribution in [0, 0.1) is 0 Å². The van der Waals surface area contributed by atoms with Crippen LogP contribution >= 0.6 is 11.8 Å². The molecule has 0 unspecified atom stereocenters. The summed E-state index contributed by atoms with van der Waals surface area (Å²) in [4.78, 5) is 11.1. The van der Waals surface area contributed by atoms with Crippen LogP contribution in [0.15, 0.2) is 48.5 Å². The summed E-state index contributed by atoms with van der Waals surface area (Å²) in [6.07, 6.45) is 0. The molecular weight excluding hydrogens is 274 g/mol. The highest BCUT2D eigenvalue weighted by Gasteiger charge is 2.07. The van der Waals surface area contributed by atoms with E-state index in [0.29, 0.717) is 12.2 Å². The van der Waals surface area contributed by atoms with E-state index in [-0.39, 0.29) is 5.91 Å². The van der Waals surface area contributed by atoms with Crippen LogP contribution in [0.1, 0.15) is 12.5 Å². The molecular formula is C15H16ClN3O. The summed E-state index contributed by atoms with van der Waals surface area (Å²) in [5.74, 6) is -0.209. The quantitative estimate of drug-likeness (QED) is 0.670. The molecule has 1 amide bonds. The molecule has 0 saturated heterocycles. The number of rotatable bonds is 4. The number of hydrogen-bond acceptors (Lipinski definition) is 3. The first kappa shape index (κ1) is 14.2. The van der Waals surface area contributed by atoms with Crippen LogP contribution in [0.5, 0.6) is 0 Å². The zero-order chi connectivity index (χ0) is 14.5. The first-order valence-corrected chi connectivity index (χ1v) is 6.55. The second-order valence-electron chi connectivity index (χ2n) is 4.44. The normalized spacial score (nSPS) is 10.1. The number of amides is 1. The molecule has 4 nitrogen and oxygen atoms in total. The lowest BCUT2D eigenvalue weighted by molar-refractivity contribution is -0.115. The fraction of sp³-hybridized carbons (Fsp3) is 0.133. The van der Waals surface area contributed by atoms with Crippen molar-refractivity contribution in [3.63, 3.8) is 0 Å². The molecule has 0 aromatic heterocycles. The van der Waals surface area contributed by atoms with Crippen molar-refractivity contribution in [3.05, 3.63) is 54.1 Å². The molecule has 0 radical (unpaired) electrons. The number of halogens is 1. The average Bonchev–Trinajstić information content (AvgIpc) is 2.46. The first-order valence-electron chi connectivity index (χ1n) is 6.21. The number of nitrogen functional groups attached to an aromatic ring is 1. The lowest BCUT2D eigenvalue weighted by atomic mass is 10.2. The van der Waals surface area contributed by atoms with E-state index in [1.807, 2.05) is 48.5 Å². The molecule has 0 saturated carbocycles. The maximum atomic E-state index is 11.1. The summed E-state index contributed by atoms with van der Waals surface area (Å²) >= 11 is 5.84. The van der Waals surface area contributed by atoms with Crippen molar-refractivity contribution in [3.8, 4) is 0 Å². The topological polar surface area (TPSA) is 58.4 Å². The molecule has 3 N–H and O–H groups in total. The second kappa shape index (κ2) is 6.30. The number of carbonyl (C=O) groups is 1. The first-order chi connectivity index (χ1) is 9.56. The van der Waals surface area contributed by atoms with Gasteiger partial charge in [0, 0.05) is 36.6 Å². The van der Waals surface area contributed by atoms with Crippen LogP contribution in [0.3, 0.4) is 0 Å². The minimum atomic E-state index is -0.209. The predicted molar refractivity (Wildman–Crippen MR) is 83.6 cm³/mol. The van der Waals surface area contributed by atoms with Gasteiger partial charge in [-0.15, -0.1) is 0 Å². The molecule has 0 aliphatic heterocycles. The molecule has 0 spiro atoms. The number of nitrogens with zero attached hydrogens (tertiary/aromatic N) is 1. The molecule has 5 heteroatoms. The third-order valence-electron chi connectivity index (χ3n) is 2.85. The monoisotopic (exact) mass is 289 g/mol. The van der Waals surface area contributed by atoms with Crippen molar-refractivity contribution in [1.29, 1.82) is 0 Å². The van der Waals surface area contributed by atoms with Gasteiger partial charge in [0.2, 0.25) is 5.91 Å². The predicted octanol–water partition coefficient (Wildman–Crippen LogP) is 3.39. The number of hydrogen-bond donors (Lipinski definition) is 2. The lowest BCUT2D eigenvalue weighted by Gasteiger charge is -2.12. The number of carbonyl (C=O) groups excluding carboxylic acids is 1. The Hall–Kier alpha value is -2.20. The Bertz CT molecular complexity index is 581. The molecule has 0 aliphatic carbocycles. The number of anilines is 3. The van der Waals surface area contributed by atoms with E-state index in [1.54, 1.807) is 0 Å². The highest BCUT2D eigenvalue weighted by molar-refractivity contribution is 6.36. The Balaban J connectivity index is 1.97. The van der Waals surface area contributed by atoms with Gasteiger partial charge in [0.1, 0.15) is 0 Å². The summed E-state index contributed by atoms with van der Waals surface area (Å²) in [6.45, 7) is 2.11. The molecule has 20 heavy (non-hydrogen) atoms. The fourth-order valence-electron chi connectivity index (χ4n) is 1.73. The third kappa shape index (κ3) is 3.65. The van der Waals surface area contributed by atoms with Gasteiger partial charge in [-0.25, -0.2) is 4.42 Å². The zero-order valence-corrected chi connectivity index (χ0v) is 11.9. The van der Waals surface area contributed by atoms with Gasteiger partial charge in [0.15, 0.2) is 0 Å². The van der Waals surface area contributed by atoms with Crippen LogP contribution in [0.2, 0.25) is 0 Å². The Kier molecular flexibility index (Phi) is 4.48. The molecule has 2 aromatic carbocycles. The van der Waals surface area contributed by atoms with Crippen molar-refractivity contribution in [2.45, 2.75) is 13.5 Å². The van der Waals surface area contributed by atoms with Crippen LogP contribution in [0.25, 0.3) is 0 Å². The van der Waals surface area contributed by atoms with Gasteiger partial charge in [-0.05, 0) is 42.0 Å². The fourth-order valence-corrected chi connectivity index (χ4v) is 1.84. The molecule has 0 fully saturated rings. The van der Waals surface area contributed by atoms with Crippen LogP contribution < -0.4 is 15.5 Å². The van der Waals surface area contributed by atoms with E-state index in [4.69, 9.17) is 17.5 Å². The standard InChI is InChI=1S/C15H16ClN3O/c1-11(20)19(16)15-8-2-12(3-9-15)10-18-14-6-4-13(17)5-7-14/h2-9,18H,10,17H2,1H3. The smallest absolute Gasteiger partial charge is 0.238 e. The van der Waals surface area contributed by atoms with Gasteiger partial charge in [-0.3, -0.25) is 4.79 Å². The second-order valence-corrected chi connectivity index (χ2v) is 4.78. The van der Waals surface area contributed by atoms with E-state index in [9.17, 15) is 4.79 Å². The maximum Gasteiger partial charge on any atom is 0.238 e. The summed E-state index contributed by atoms with van der Waals surface area (Å²) in [7, 11) is 0. The minimum Gasteiger partial charge on any atom is -0.399 e. The van der Waals surface area contributed by atoms with Gasteiger partial charge >= 0.3 is 0 Å². The Labute approximate surface area is 123 Å². The van der Waals surface area contributed by atoms with E-state index >= 15 is 0 Å². The Morgan fingerprint density at radius 1 is 1.15 bits per heavy atom. The molecule has 0 bridgehead atoms. The highest BCUT2D eigenvalue weighted by Crippen LogP contribution is 2.18. The molecule has 2 aromatic rings. The van der Waals surface area contributed by atoms with E-state index < -0.39 is 0 Å². The largest absolute Gasteiger partial charge is 0.399 e. The van der Waals surface area contributed by atoms with Gasteiger partial charge < -0.3 is 11.1 Å². The number of benzene rings is 2. The van der Waals surface area contributed by atoms with Gasteiger partial charge in [0.05, 0.1) is 5.69 Å². The zero-order valence-electron chi connectivity index (χ0n) is 11.1. The van der Waals surface area contributed by atoms with Crippen molar-refractivity contribution in [2.75, 3.05) is 15.5 Å². The molecule has 2 rings (SSSR count). The maximum absolute atomic E-state index is 11.1. The van der Waals surface area contributed by atoms with Gasteiger partial charge in [0.25, 0.3) is 0 Å². The van der Waals surface area contributed by atoms with Crippen molar-refractivity contribution < 1.29 is 4.79 Å². The summed E-state index contributed by atoms with van der Waals surface area (Å²) in [6, 6.07) is 15.0. The lowest BCUT2D eigenvalue weighted by Crippen LogP contribution is -2.16. The summed E-state index contributed by atoms with van der Waals surface area (Å²) < 4.78 is 1.09. The Morgan fingerprint density at radius 2 is 1.75 bits per heavy atom. The molecule has 104 valence electrons. The van der Waals surface area contributed by atoms with Gasteiger partial charge in [-0.2, -0.15) is 0 Å². The van der Waals surface area contributed by atoms with Crippen molar-refractivity contribution in [2.24, 2.45) is 0 Å². The average molecular weight is 290 g/mol. The summed E-state index contributed by atoms with van der Waals surface area (Å²) in [5.41, 5.74) is 9.14. The molecule has 0 atom stereocenters. The number of nitrogens with one attached hydrogen (secondary N) is 1. The summed E-state index contributed by atoms with van der Waals surface area (Å²) in [5, 5.41) is 3.29. The van der Waals surface area contributed by atoms with Crippen LogP contribution in [0.4, 0.5) is 17.1 Å². The minimum absolute atomic E-state index is 0.209. The van der Waals surface area contributed by atoms with Gasteiger partial charge in [-0.1, -0.05) is 12.1 Å². The number of nitrogens with two attached hydrogens (primary N) is 1. The molecule has 0 aliphatic rings. The molecule has 0 heterocycles. The van der Waals surface area contributed by atoms with E-state index in [0.717, 1.165) is 21.4 Å². The van der Waals surface area contributed by atoms with Crippen LogP contribution in [-0.4, -0.2) is 5.91 Å². The third-order valence-corrected chi connectivity index (χ3v) is 3.28. The van der Waals surface area contributed by atoms with Crippen molar-refractivity contribution >= 4 is 34.7 Å². The highest BCUT2D eigenvalue weighted by atomic mass is 35.5. The van der Waals surface area contributed by atoms with Crippen molar-refractivity contribution in [1.82, 2.24) is 0 Å².